The lowest BCUT2D eigenvalue weighted by Gasteiger charge is -2.27. The summed E-state index contributed by atoms with van der Waals surface area (Å²) >= 11 is 0. The lowest BCUT2D eigenvalue weighted by Crippen LogP contribution is -2.34. The molecule has 0 radical (unpaired) electrons. The van der Waals surface area contributed by atoms with Crippen molar-refractivity contribution >= 4 is 11.9 Å². The highest BCUT2D eigenvalue weighted by molar-refractivity contribution is 5.73. The van der Waals surface area contributed by atoms with Crippen molar-refractivity contribution in [2.75, 3.05) is 20.3 Å². The van der Waals surface area contributed by atoms with Gasteiger partial charge in [-0.25, -0.2) is 0 Å². The molecule has 1 aliphatic rings. The van der Waals surface area contributed by atoms with Gasteiger partial charge in [0.2, 0.25) is 0 Å². The first-order chi connectivity index (χ1) is 6.65. The second kappa shape index (κ2) is 4.95. The lowest BCUT2D eigenvalue weighted by atomic mass is 9.86. The zero-order chi connectivity index (χ0) is 10.6. The van der Waals surface area contributed by atoms with Crippen molar-refractivity contribution in [3.05, 3.63) is 0 Å². The van der Waals surface area contributed by atoms with E-state index < -0.39 is 11.9 Å². The van der Waals surface area contributed by atoms with E-state index in [0.29, 0.717) is 19.6 Å². The quantitative estimate of drug-likeness (QED) is 0.666. The van der Waals surface area contributed by atoms with E-state index in [2.05, 4.69) is 4.74 Å². The van der Waals surface area contributed by atoms with Gasteiger partial charge in [-0.2, -0.15) is 0 Å². The molecular weight excluding hydrogens is 188 g/mol. The number of carboxylic acids is 1. The molecule has 0 aromatic rings. The molecule has 2 atom stereocenters. The van der Waals surface area contributed by atoms with Crippen molar-refractivity contribution in [3.63, 3.8) is 0 Å². The number of carbonyl (C=O) groups is 2. The minimum atomic E-state index is -0.859. The van der Waals surface area contributed by atoms with Crippen LogP contribution in [0, 0.1) is 11.8 Å². The van der Waals surface area contributed by atoms with Gasteiger partial charge in [-0.05, 0) is 6.42 Å². The van der Waals surface area contributed by atoms with Crippen molar-refractivity contribution in [3.8, 4) is 0 Å². The molecule has 14 heavy (non-hydrogen) atoms. The molecule has 0 saturated carbocycles. The van der Waals surface area contributed by atoms with Crippen LogP contribution in [-0.4, -0.2) is 37.4 Å². The number of methoxy groups -OCH3 is 1. The van der Waals surface area contributed by atoms with Crippen LogP contribution in [0.1, 0.15) is 12.8 Å². The average Bonchev–Trinajstić information content (AvgIpc) is 2.18. The Kier molecular flexibility index (Phi) is 3.88. The van der Waals surface area contributed by atoms with E-state index >= 15 is 0 Å². The van der Waals surface area contributed by atoms with Gasteiger partial charge in [0.15, 0.2) is 0 Å². The second-order valence-corrected chi connectivity index (χ2v) is 3.35. The smallest absolute Gasteiger partial charge is 0.306 e. The summed E-state index contributed by atoms with van der Waals surface area (Å²) in [6.45, 7) is 0.778. The van der Waals surface area contributed by atoms with E-state index in [9.17, 15) is 9.59 Å². The molecule has 1 aliphatic heterocycles. The van der Waals surface area contributed by atoms with Crippen LogP contribution in [0.2, 0.25) is 0 Å². The summed E-state index contributed by atoms with van der Waals surface area (Å²) in [6, 6.07) is 0. The molecule has 80 valence electrons. The fourth-order valence-corrected chi connectivity index (χ4v) is 1.62. The van der Waals surface area contributed by atoms with E-state index in [0.717, 1.165) is 0 Å². The summed E-state index contributed by atoms with van der Waals surface area (Å²) in [5.74, 6) is -1.98. The molecule has 5 heteroatoms. The topological polar surface area (TPSA) is 72.8 Å². The third-order valence-electron chi connectivity index (χ3n) is 2.45. The molecule has 1 saturated heterocycles. The Morgan fingerprint density at radius 2 is 2.29 bits per heavy atom. The Balaban J connectivity index is 2.54. The monoisotopic (exact) mass is 202 g/mol. The van der Waals surface area contributed by atoms with Crippen molar-refractivity contribution < 1.29 is 24.2 Å². The highest BCUT2D eigenvalue weighted by Crippen LogP contribution is 2.25. The number of hydrogen-bond acceptors (Lipinski definition) is 4. The zero-order valence-corrected chi connectivity index (χ0v) is 8.06. The van der Waals surface area contributed by atoms with Crippen molar-refractivity contribution in [1.29, 1.82) is 0 Å². The van der Waals surface area contributed by atoms with E-state index in [-0.39, 0.29) is 18.3 Å². The summed E-state index contributed by atoms with van der Waals surface area (Å²) in [7, 11) is 1.29. The van der Waals surface area contributed by atoms with E-state index in [4.69, 9.17) is 9.84 Å². The van der Waals surface area contributed by atoms with Crippen LogP contribution < -0.4 is 0 Å². The first-order valence-corrected chi connectivity index (χ1v) is 4.52. The van der Waals surface area contributed by atoms with E-state index in [1.165, 1.54) is 7.11 Å². The highest BCUT2D eigenvalue weighted by atomic mass is 16.5. The van der Waals surface area contributed by atoms with Crippen molar-refractivity contribution in [2.24, 2.45) is 11.8 Å². The summed E-state index contributed by atoms with van der Waals surface area (Å²) < 4.78 is 9.63. The minimum absolute atomic E-state index is 0.119. The molecule has 0 aliphatic carbocycles. The molecule has 1 N–H and O–H groups in total. The van der Waals surface area contributed by atoms with Gasteiger partial charge < -0.3 is 14.6 Å². The van der Waals surface area contributed by atoms with Gasteiger partial charge >= 0.3 is 11.9 Å². The molecule has 1 heterocycles. The standard InChI is InChI=1S/C9H14O5/c1-13-8(10)4-6-5-14-3-2-7(6)9(11)12/h6-7H,2-5H2,1H3,(H,11,12)/t6-,7-/m1/s1. The van der Waals surface area contributed by atoms with Crippen LogP contribution in [0.25, 0.3) is 0 Å². The van der Waals surface area contributed by atoms with Gasteiger partial charge in [0.1, 0.15) is 0 Å². The largest absolute Gasteiger partial charge is 0.481 e. The van der Waals surface area contributed by atoms with Crippen molar-refractivity contribution in [2.45, 2.75) is 12.8 Å². The zero-order valence-electron chi connectivity index (χ0n) is 8.06. The Morgan fingerprint density at radius 3 is 2.86 bits per heavy atom. The molecule has 0 spiro atoms. The Labute approximate surface area is 82.0 Å². The number of ether oxygens (including phenoxy) is 2. The third kappa shape index (κ3) is 2.70. The molecule has 0 aromatic carbocycles. The first-order valence-electron chi connectivity index (χ1n) is 4.52. The van der Waals surface area contributed by atoms with Gasteiger partial charge in [-0.15, -0.1) is 0 Å². The van der Waals surface area contributed by atoms with Crippen LogP contribution in [-0.2, 0) is 19.1 Å². The predicted molar refractivity (Wildman–Crippen MR) is 46.7 cm³/mol. The maximum Gasteiger partial charge on any atom is 0.306 e. The SMILES string of the molecule is COC(=O)C[C@@H]1COCC[C@H]1C(=O)O. The molecule has 0 amide bonds. The molecular formula is C9H14O5. The fourth-order valence-electron chi connectivity index (χ4n) is 1.62. The number of aliphatic carboxylic acids is 1. The fraction of sp³-hybridized carbons (Fsp3) is 0.778. The minimum Gasteiger partial charge on any atom is -0.481 e. The molecule has 0 unspecified atom stereocenters. The van der Waals surface area contributed by atoms with Crippen LogP contribution in [0.5, 0.6) is 0 Å². The Bertz CT molecular complexity index is 225. The van der Waals surface area contributed by atoms with Gasteiger partial charge in [-0.1, -0.05) is 0 Å². The summed E-state index contributed by atoms with van der Waals surface area (Å²) in [5, 5.41) is 8.89. The number of hydrogen-bond donors (Lipinski definition) is 1. The van der Waals surface area contributed by atoms with Gasteiger partial charge in [0.25, 0.3) is 0 Å². The number of esters is 1. The summed E-state index contributed by atoms with van der Waals surface area (Å²) in [6.07, 6.45) is 0.588. The van der Waals surface area contributed by atoms with Crippen molar-refractivity contribution in [1.82, 2.24) is 0 Å². The lowest BCUT2D eigenvalue weighted by molar-refractivity contribution is -0.152. The maximum atomic E-state index is 11.0. The Hall–Kier alpha value is -1.10. The van der Waals surface area contributed by atoms with Crippen LogP contribution in [0.15, 0.2) is 0 Å². The predicted octanol–water partition coefficient (Wildman–Crippen LogP) is 0.287. The first kappa shape index (κ1) is 11.0. The van der Waals surface area contributed by atoms with Crippen LogP contribution in [0.4, 0.5) is 0 Å². The summed E-state index contributed by atoms with van der Waals surface area (Å²) in [4.78, 5) is 21.8. The number of carbonyl (C=O) groups excluding carboxylic acids is 1. The van der Waals surface area contributed by atoms with Crippen LogP contribution >= 0.6 is 0 Å². The van der Waals surface area contributed by atoms with Crippen LogP contribution in [0.3, 0.4) is 0 Å². The van der Waals surface area contributed by atoms with Gasteiger partial charge in [-0.3, -0.25) is 9.59 Å². The van der Waals surface area contributed by atoms with E-state index in [1.54, 1.807) is 0 Å². The highest BCUT2D eigenvalue weighted by Gasteiger charge is 2.33. The Morgan fingerprint density at radius 1 is 1.57 bits per heavy atom. The normalized spacial score (nSPS) is 26.9. The maximum absolute atomic E-state index is 11.0. The number of rotatable bonds is 3. The van der Waals surface area contributed by atoms with E-state index in [1.807, 2.05) is 0 Å². The van der Waals surface area contributed by atoms with Gasteiger partial charge in [0, 0.05) is 12.5 Å². The molecule has 0 bridgehead atoms. The molecule has 5 nitrogen and oxygen atoms in total. The third-order valence-corrected chi connectivity index (χ3v) is 2.45. The average molecular weight is 202 g/mol. The molecule has 0 aromatic heterocycles. The second-order valence-electron chi connectivity index (χ2n) is 3.35. The summed E-state index contributed by atoms with van der Waals surface area (Å²) in [5.41, 5.74) is 0. The molecule has 1 rings (SSSR count). The molecule has 1 fully saturated rings. The van der Waals surface area contributed by atoms with Gasteiger partial charge in [0.05, 0.1) is 26.1 Å². The number of carboxylic acid groups (broad SMARTS) is 1.